The maximum atomic E-state index is 12.3. The van der Waals surface area contributed by atoms with E-state index in [1.807, 2.05) is 18.2 Å². The number of methoxy groups -OCH3 is 1. The molecule has 1 atom stereocenters. The summed E-state index contributed by atoms with van der Waals surface area (Å²) >= 11 is 1.42. The van der Waals surface area contributed by atoms with Crippen molar-refractivity contribution in [1.29, 1.82) is 0 Å². The van der Waals surface area contributed by atoms with E-state index in [1.165, 1.54) is 11.3 Å². The predicted molar refractivity (Wildman–Crippen MR) is 93.6 cm³/mol. The number of rotatable bonds is 4. The summed E-state index contributed by atoms with van der Waals surface area (Å²) < 4.78 is 11.6. The maximum Gasteiger partial charge on any atom is 0.243 e. The number of fused-ring (bicyclic) bond motifs is 1. The van der Waals surface area contributed by atoms with E-state index in [0.717, 1.165) is 23.1 Å². The third kappa shape index (κ3) is 3.92. The molecule has 0 saturated carbocycles. The molecule has 1 aromatic carbocycles. The molecular formula is C15H20ClN3O3S. The highest BCUT2D eigenvalue weighted by atomic mass is 35.5. The van der Waals surface area contributed by atoms with E-state index >= 15 is 0 Å². The second kappa shape index (κ2) is 7.92. The van der Waals surface area contributed by atoms with Crippen LogP contribution >= 0.6 is 23.7 Å². The first-order chi connectivity index (χ1) is 10.7. The third-order valence-electron chi connectivity index (χ3n) is 3.91. The Labute approximate surface area is 144 Å². The van der Waals surface area contributed by atoms with Gasteiger partial charge in [-0.15, -0.1) is 12.4 Å². The number of nitrogens with one attached hydrogen (secondary N) is 1. The molecule has 1 aliphatic heterocycles. The number of thiazole rings is 1. The van der Waals surface area contributed by atoms with Crippen LogP contribution in [-0.2, 0) is 9.53 Å². The summed E-state index contributed by atoms with van der Waals surface area (Å²) in [5, 5.41) is 3.37. The summed E-state index contributed by atoms with van der Waals surface area (Å²) in [4.78, 5) is 16.7. The summed E-state index contributed by atoms with van der Waals surface area (Å²) in [6.07, 6.45) is 1.64. The summed E-state index contributed by atoms with van der Waals surface area (Å²) in [7, 11) is 1.60. The quantitative estimate of drug-likeness (QED) is 0.877. The van der Waals surface area contributed by atoms with Crippen LogP contribution in [0.1, 0.15) is 12.8 Å². The lowest BCUT2D eigenvalue weighted by molar-refractivity contribution is -0.119. The normalized spacial score (nSPS) is 16.6. The van der Waals surface area contributed by atoms with Crippen molar-refractivity contribution in [3.63, 3.8) is 0 Å². The molecule has 23 heavy (non-hydrogen) atoms. The number of anilines is 1. The second-order valence-corrected chi connectivity index (χ2v) is 6.32. The Morgan fingerprint density at radius 2 is 2.22 bits per heavy atom. The van der Waals surface area contributed by atoms with Crippen LogP contribution in [0.2, 0.25) is 0 Å². The van der Waals surface area contributed by atoms with Crippen molar-refractivity contribution < 1.29 is 14.3 Å². The number of amides is 1. The lowest BCUT2D eigenvalue weighted by atomic mass is 9.92. The van der Waals surface area contributed by atoms with Gasteiger partial charge in [-0.1, -0.05) is 17.4 Å². The maximum absolute atomic E-state index is 12.3. The van der Waals surface area contributed by atoms with E-state index in [1.54, 1.807) is 7.11 Å². The Bertz CT molecular complexity index is 673. The minimum atomic E-state index is -0.530. The van der Waals surface area contributed by atoms with Crippen molar-refractivity contribution in [3.8, 4) is 5.75 Å². The van der Waals surface area contributed by atoms with Crippen LogP contribution in [-0.4, -0.2) is 37.3 Å². The number of ether oxygens (including phenoxy) is 2. The van der Waals surface area contributed by atoms with Gasteiger partial charge in [-0.05, 0) is 30.9 Å². The van der Waals surface area contributed by atoms with Crippen molar-refractivity contribution in [2.24, 2.45) is 11.7 Å². The van der Waals surface area contributed by atoms with Crippen LogP contribution in [0.5, 0.6) is 5.75 Å². The fourth-order valence-corrected chi connectivity index (χ4v) is 3.51. The Hall–Kier alpha value is -1.41. The molecule has 0 aliphatic carbocycles. The highest BCUT2D eigenvalue weighted by Gasteiger charge is 2.27. The van der Waals surface area contributed by atoms with Crippen LogP contribution in [0.4, 0.5) is 5.13 Å². The van der Waals surface area contributed by atoms with Gasteiger partial charge >= 0.3 is 0 Å². The lowest BCUT2D eigenvalue weighted by Gasteiger charge is -2.26. The number of hydrogen-bond acceptors (Lipinski definition) is 6. The van der Waals surface area contributed by atoms with Crippen LogP contribution in [0.15, 0.2) is 18.2 Å². The van der Waals surface area contributed by atoms with Gasteiger partial charge in [0.15, 0.2) is 5.13 Å². The fourth-order valence-electron chi connectivity index (χ4n) is 2.62. The van der Waals surface area contributed by atoms with Gasteiger partial charge in [0.25, 0.3) is 0 Å². The van der Waals surface area contributed by atoms with Gasteiger partial charge in [-0.2, -0.15) is 0 Å². The topological polar surface area (TPSA) is 86.5 Å². The number of halogens is 1. The second-order valence-electron chi connectivity index (χ2n) is 5.29. The molecule has 1 aromatic heterocycles. The molecule has 3 rings (SSSR count). The minimum Gasteiger partial charge on any atom is -0.494 e. The summed E-state index contributed by atoms with van der Waals surface area (Å²) in [5.41, 5.74) is 6.83. The van der Waals surface area contributed by atoms with E-state index in [-0.39, 0.29) is 24.2 Å². The van der Waals surface area contributed by atoms with Gasteiger partial charge in [0, 0.05) is 13.2 Å². The first-order valence-corrected chi connectivity index (χ1v) is 8.08. The highest BCUT2D eigenvalue weighted by molar-refractivity contribution is 7.22. The van der Waals surface area contributed by atoms with Crippen molar-refractivity contribution in [2.45, 2.75) is 18.9 Å². The molecule has 3 N–H and O–H groups in total. The number of para-hydroxylation sites is 1. The number of nitrogens with two attached hydrogens (primary N) is 1. The SMILES string of the molecule is COc1cccc2sc(NC(=O)C(N)C3CCOCC3)nc12.Cl. The molecule has 1 unspecified atom stereocenters. The molecule has 1 amide bonds. The molecule has 2 heterocycles. The van der Waals surface area contributed by atoms with Crippen LogP contribution in [0.25, 0.3) is 10.2 Å². The number of hydrogen-bond donors (Lipinski definition) is 2. The average molecular weight is 358 g/mol. The van der Waals surface area contributed by atoms with E-state index in [2.05, 4.69) is 10.3 Å². The minimum absolute atomic E-state index is 0. The smallest absolute Gasteiger partial charge is 0.243 e. The number of nitrogens with zero attached hydrogens (tertiary/aromatic N) is 1. The summed E-state index contributed by atoms with van der Waals surface area (Å²) in [6, 6.07) is 5.17. The Morgan fingerprint density at radius 3 is 2.91 bits per heavy atom. The average Bonchev–Trinajstić information content (AvgIpc) is 2.97. The Balaban J connectivity index is 0.00000192. The van der Waals surface area contributed by atoms with Crippen molar-refractivity contribution >= 4 is 45.0 Å². The third-order valence-corrected chi connectivity index (χ3v) is 4.84. The molecule has 8 heteroatoms. The molecule has 1 aliphatic rings. The zero-order valence-electron chi connectivity index (χ0n) is 12.8. The van der Waals surface area contributed by atoms with E-state index in [9.17, 15) is 4.79 Å². The molecule has 2 aromatic rings. The fraction of sp³-hybridized carbons (Fsp3) is 0.467. The van der Waals surface area contributed by atoms with E-state index in [0.29, 0.717) is 24.1 Å². The van der Waals surface area contributed by atoms with Gasteiger partial charge in [-0.3, -0.25) is 4.79 Å². The van der Waals surface area contributed by atoms with Gasteiger partial charge in [0.2, 0.25) is 5.91 Å². The van der Waals surface area contributed by atoms with Crippen LogP contribution in [0, 0.1) is 5.92 Å². The Morgan fingerprint density at radius 1 is 1.48 bits per heavy atom. The first-order valence-electron chi connectivity index (χ1n) is 7.27. The van der Waals surface area contributed by atoms with Crippen molar-refractivity contribution in [3.05, 3.63) is 18.2 Å². The van der Waals surface area contributed by atoms with E-state index < -0.39 is 6.04 Å². The number of benzene rings is 1. The van der Waals surface area contributed by atoms with E-state index in [4.69, 9.17) is 15.2 Å². The van der Waals surface area contributed by atoms with Gasteiger partial charge in [-0.25, -0.2) is 4.98 Å². The van der Waals surface area contributed by atoms with Gasteiger partial charge < -0.3 is 20.5 Å². The zero-order valence-corrected chi connectivity index (χ0v) is 14.4. The highest BCUT2D eigenvalue weighted by Crippen LogP contribution is 2.32. The Kier molecular flexibility index (Phi) is 6.17. The standard InChI is InChI=1S/C15H19N3O3S.ClH/c1-20-10-3-2-4-11-13(10)17-15(22-11)18-14(19)12(16)9-5-7-21-8-6-9;/h2-4,9,12H,5-8,16H2,1H3,(H,17,18,19);1H. The molecule has 1 fully saturated rings. The molecule has 6 nitrogen and oxygen atoms in total. The molecule has 0 bridgehead atoms. The van der Waals surface area contributed by atoms with Crippen molar-refractivity contribution in [2.75, 3.05) is 25.6 Å². The molecule has 0 spiro atoms. The molecule has 126 valence electrons. The molecule has 1 saturated heterocycles. The molecule has 0 radical (unpaired) electrons. The van der Waals surface area contributed by atoms with Crippen molar-refractivity contribution in [1.82, 2.24) is 4.98 Å². The monoisotopic (exact) mass is 357 g/mol. The molecular weight excluding hydrogens is 338 g/mol. The van der Waals surface area contributed by atoms with Gasteiger partial charge in [0.05, 0.1) is 17.9 Å². The predicted octanol–water partition coefficient (Wildman–Crippen LogP) is 2.42. The largest absolute Gasteiger partial charge is 0.494 e. The number of carbonyl (C=O) groups excluding carboxylic acids is 1. The van der Waals surface area contributed by atoms with Crippen LogP contribution in [0.3, 0.4) is 0 Å². The van der Waals surface area contributed by atoms with Gasteiger partial charge in [0.1, 0.15) is 11.3 Å². The summed E-state index contributed by atoms with van der Waals surface area (Å²) in [5.74, 6) is 0.672. The summed E-state index contributed by atoms with van der Waals surface area (Å²) in [6.45, 7) is 1.34. The van der Waals surface area contributed by atoms with Crippen LogP contribution < -0.4 is 15.8 Å². The lowest BCUT2D eigenvalue weighted by Crippen LogP contribution is -2.43. The number of aromatic nitrogens is 1. The number of carbonyl (C=O) groups is 1. The first kappa shape index (κ1) is 17.9. The zero-order chi connectivity index (χ0) is 15.5.